The number of methoxy groups -OCH3 is 1. The third-order valence-electron chi connectivity index (χ3n) is 6.36. The van der Waals surface area contributed by atoms with E-state index in [2.05, 4.69) is 23.7 Å². The molecule has 0 radical (unpaired) electrons. The van der Waals surface area contributed by atoms with E-state index < -0.39 is 12.0 Å². The van der Waals surface area contributed by atoms with Crippen LogP contribution in [0.3, 0.4) is 0 Å². The van der Waals surface area contributed by atoms with Gasteiger partial charge in [-0.1, -0.05) is 23.5 Å². The molecule has 194 valence electrons. The first-order valence-electron chi connectivity index (χ1n) is 12.2. The fourth-order valence-corrected chi connectivity index (χ4v) is 5.54. The zero-order valence-electron chi connectivity index (χ0n) is 21.6. The first-order chi connectivity index (χ1) is 17.8. The number of rotatable bonds is 8. The van der Waals surface area contributed by atoms with Crippen molar-refractivity contribution >= 4 is 29.1 Å². The van der Waals surface area contributed by atoms with Crippen molar-refractivity contribution in [1.29, 1.82) is 0 Å². The predicted octanol–water partition coefficient (Wildman–Crippen LogP) is 3.36. The normalized spacial score (nSPS) is 15.3. The highest BCUT2D eigenvalue weighted by Gasteiger charge is 2.33. The van der Waals surface area contributed by atoms with Crippen molar-refractivity contribution in [1.82, 2.24) is 4.57 Å². The van der Waals surface area contributed by atoms with E-state index in [0.717, 1.165) is 18.8 Å². The van der Waals surface area contributed by atoms with Gasteiger partial charge in [0.1, 0.15) is 11.5 Å². The van der Waals surface area contributed by atoms with Crippen LogP contribution in [0.1, 0.15) is 44.9 Å². The Morgan fingerprint density at radius 1 is 1.19 bits per heavy atom. The van der Waals surface area contributed by atoms with Crippen molar-refractivity contribution < 1.29 is 19.4 Å². The van der Waals surface area contributed by atoms with Crippen molar-refractivity contribution in [2.24, 2.45) is 4.99 Å². The minimum Gasteiger partial charge on any atom is -0.507 e. The van der Waals surface area contributed by atoms with Gasteiger partial charge in [-0.25, -0.2) is 9.79 Å². The van der Waals surface area contributed by atoms with Crippen molar-refractivity contribution in [2.45, 2.75) is 33.7 Å². The van der Waals surface area contributed by atoms with Gasteiger partial charge in [0.05, 0.1) is 35.6 Å². The average molecular weight is 522 g/mol. The SMILES string of the molecule is CCOC(=O)C1=C(C)N=c2s/c(=C\c3ccc(N(CC)CC)cc3O)c(=O)n2C1c1cccc(OC)c1. The lowest BCUT2D eigenvalue weighted by molar-refractivity contribution is -0.139. The maximum atomic E-state index is 13.8. The Kier molecular flexibility index (Phi) is 7.83. The molecule has 0 fully saturated rings. The van der Waals surface area contributed by atoms with Gasteiger partial charge in [-0.15, -0.1) is 0 Å². The fraction of sp³-hybridized carbons (Fsp3) is 0.321. The van der Waals surface area contributed by atoms with E-state index in [1.54, 1.807) is 51.3 Å². The number of hydrogen-bond acceptors (Lipinski definition) is 8. The maximum Gasteiger partial charge on any atom is 0.338 e. The van der Waals surface area contributed by atoms with E-state index in [1.165, 1.54) is 15.9 Å². The number of phenolic OH excluding ortho intramolecular Hbond substituents is 1. The minimum atomic E-state index is -0.730. The summed E-state index contributed by atoms with van der Waals surface area (Å²) in [5.74, 6) is 0.175. The molecule has 8 nitrogen and oxygen atoms in total. The Morgan fingerprint density at radius 3 is 2.59 bits per heavy atom. The van der Waals surface area contributed by atoms with Crippen LogP contribution in [0.2, 0.25) is 0 Å². The van der Waals surface area contributed by atoms with Crippen LogP contribution in [-0.2, 0) is 9.53 Å². The molecule has 1 atom stereocenters. The Bertz CT molecular complexity index is 1530. The van der Waals surface area contributed by atoms with Gasteiger partial charge >= 0.3 is 5.97 Å². The Labute approximate surface area is 219 Å². The van der Waals surface area contributed by atoms with Crippen molar-refractivity contribution in [3.8, 4) is 11.5 Å². The summed E-state index contributed by atoms with van der Waals surface area (Å²) in [6.07, 6.45) is 1.66. The monoisotopic (exact) mass is 521 g/mol. The van der Waals surface area contributed by atoms with Gasteiger partial charge in [0.15, 0.2) is 4.80 Å². The summed E-state index contributed by atoms with van der Waals surface area (Å²) in [7, 11) is 1.57. The second-order valence-electron chi connectivity index (χ2n) is 8.49. The zero-order chi connectivity index (χ0) is 26.7. The molecular weight excluding hydrogens is 490 g/mol. The predicted molar refractivity (Wildman–Crippen MR) is 145 cm³/mol. The number of hydrogen-bond donors (Lipinski definition) is 1. The summed E-state index contributed by atoms with van der Waals surface area (Å²) in [6, 6.07) is 12.0. The van der Waals surface area contributed by atoms with Crippen LogP contribution in [0.15, 0.2) is 63.5 Å². The van der Waals surface area contributed by atoms with Crippen molar-refractivity contribution in [3.05, 3.63) is 84.5 Å². The standard InChI is InChI=1S/C28H31N3O5S/c1-6-30(7-2)20-13-12-18(22(32)16-20)15-23-26(33)31-25(19-10-9-11-21(14-19)35-5)24(27(34)36-8-3)17(4)29-28(31)37-23/h9-16,25,32H,6-8H2,1-5H3/b23-15-. The van der Waals surface area contributed by atoms with Gasteiger partial charge in [0.2, 0.25) is 0 Å². The average Bonchev–Trinajstić information content (AvgIpc) is 3.19. The Morgan fingerprint density at radius 2 is 1.95 bits per heavy atom. The van der Waals surface area contributed by atoms with Crippen molar-refractivity contribution in [3.63, 3.8) is 0 Å². The van der Waals surface area contributed by atoms with Gasteiger partial charge in [-0.05, 0) is 63.6 Å². The number of phenols is 1. The molecule has 2 aromatic carbocycles. The van der Waals surface area contributed by atoms with Crippen LogP contribution >= 0.6 is 11.3 Å². The summed E-state index contributed by atoms with van der Waals surface area (Å²) < 4.78 is 12.7. The molecule has 37 heavy (non-hydrogen) atoms. The molecule has 4 rings (SSSR count). The van der Waals surface area contributed by atoms with E-state index in [0.29, 0.717) is 37.5 Å². The van der Waals surface area contributed by atoms with Crippen LogP contribution in [0.5, 0.6) is 11.5 Å². The van der Waals surface area contributed by atoms with Crippen LogP contribution in [0.4, 0.5) is 5.69 Å². The number of aromatic nitrogens is 1. The quantitative estimate of drug-likeness (QED) is 0.457. The van der Waals surface area contributed by atoms with E-state index in [9.17, 15) is 14.7 Å². The number of nitrogens with zero attached hydrogens (tertiary/aromatic N) is 3. The number of benzene rings is 2. The van der Waals surface area contributed by atoms with Crippen LogP contribution < -0.4 is 24.5 Å². The molecule has 0 saturated heterocycles. The molecule has 9 heteroatoms. The van der Waals surface area contributed by atoms with Gasteiger partial charge in [-0.3, -0.25) is 9.36 Å². The van der Waals surface area contributed by atoms with Crippen LogP contribution in [0.25, 0.3) is 6.08 Å². The number of carbonyl (C=O) groups excluding carboxylic acids is 1. The zero-order valence-corrected chi connectivity index (χ0v) is 22.5. The van der Waals surface area contributed by atoms with Gasteiger partial charge in [0, 0.05) is 30.4 Å². The number of fused-ring (bicyclic) bond motifs is 1. The third-order valence-corrected chi connectivity index (χ3v) is 7.34. The summed E-state index contributed by atoms with van der Waals surface area (Å²) in [4.78, 5) is 34.0. The molecule has 0 spiro atoms. The third kappa shape index (κ3) is 5.04. The van der Waals surface area contributed by atoms with Crippen molar-refractivity contribution in [2.75, 3.05) is 31.7 Å². The number of carbonyl (C=O) groups is 1. The molecule has 3 aromatic rings. The fourth-order valence-electron chi connectivity index (χ4n) is 4.50. The summed E-state index contributed by atoms with van der Waals surface area (Å²) in [5, 5.41) is 10.7. The molecule has 1 unspecified atom stereocenters. The Hall–Kier alpha value is -3.85. The lowest BCUT2D eigenvalue weighted by atomic mass is 9.95. The molecule has 1 N–H and O–H groups in total. The lowest BCUT2D eigenvalue weighted by Gasteiger charge is -2.25. The molecule has 1 aromatic heterocycles. The van der Waals surface area contributed by atoms with Crippen LogP contribution in [-0.4, -0.2) is 42.4 Å². The maximum absolute atomic E-state index is 13.8. The largest absolute Gasteiger partial charge is 0.507 e. The number of thiazole rings is 1. The summed E-state index contributed by atoms with van der Waals surface area (Å²) in [6.45, 7) is 9.44. The van der Waals surface area contributed by atoms with Crippen LogP contribution in [0, 0.1) is 0 Å². The number of aromatic hydroxyl groups is 1. The molecule has 2 heterocycles. The highest BCUT2D eigenvalue weighted by atomic mass is 32.1. The second-order valence-corrected chi connectivity index (χ2v) is 9.50. The molecule has 1 aliphatic heterocycles. The molecule has 0 aliphatic carbocycles. The van der Waals surface area contributed by atoms with Gasteiger partial charge < -0.3 is 19.5 Å². The molecule has 1 aliphatic rings. The highest BCUT2D eigenvalue weighted by Crippen LogP contribution is 2.32. The molecular formula is C28H31N3O5S. The first kappa shape index (κ1) is 26.2. The van der Waals surface area contributed by atoms with E-state index in [-0.39, 0.29) is 17.9 Å². The highest BCUT2D eigenvalue weighted by molar-refractivity contribution is 7.07. The van der Waals surface area contributed by atoms with E-state index in [1.807, 2.05) is 18.2 Å². The van der Waals surface area contributed by atoms with E-state index in [4.69, 9.17) is 9.47 Å². The molecule has 0 bridgehead atoms. The second kappa shape index (κ2) is 11.0. The number of esters is 1. The molecule has 0 amide bonds. The first-order valence-corrected chi connectivity index (χ1v) is 13.1. The lowest BCUT2D eigenvalue weighted by Crippen LogP contribution is -2.39. The Balaban J connectivity index is 1.90. The number of ether oxygens (including phenoxy) is 2. The van der Waals surface area contributed by atoms with E-state index >= 15 is 0 Å². The smallest absolute Gasteiger partial charge is 0.338 e. The van der Waals surface area contributed by atoms with Gasteiger partial charge in [0.25, 0.3) is 5.56 Å². The topological polar surface area (TPSA) is 93.4 Å². The number of allylic oxidation sites excluding steroid dienone is 1. The summed E-state index contributed by atoms with van der Waals surface area (Å²) in [5.41, 5.74) is 2.63. The molecule has 0 saturated carbocycles. The van der Waals surface area contributed by atoms with Gasteiger partial charge in [-0.2, -0.15) is 0 Å². The minimum absolute atomic E-state index is 0.0861. The summed E-state index contributed by atoms with van der Waals surface area (Å²) >= 11 is 1.21. The number of anilines is 1.